The molecule has 0 radical (unpaired) electrons. The fourth-order valence-corrected chi connectivity index (χ4v) is 12.9. The number of likely N-dealkylation sites (tertiary alicyclic amines) is 1. The molecule has 2 aliphatic carbocycles. The van der Waals surface area contributed by atoms with Crippen LogP contribution in [0.15, 0.2) is 76.9 Å². The van der Waals surface area contributed by atoms with Crippen LogP contribution in [0.1, 0.15) is 125 Å². The number of nitrogens with one attached hydrogen (secondary N) is 3. The number of rotatable bonds is 15. The Hall–Kier alpha value is -5.82. The van der Waals surface area contributed by atoms with E-state index in [2.05, 4.69) is 73.1 Å². The predicted molar refractivity (Wildman–Crippen MR) is 273 cm³/mol. The number of aromatic nitrogens is 2. The molecule has 4 N–H and O–H groups in total. The number of methoxy groups -OCH3 is 1. The number of ether oxygens (including phenoxy) is 4. The molecular formula is C54H66FN7O9S. The number of nitrogens with zero attached hydrogens (tertiary/aromatic N) is 4. The van der Waals surface area contributed by atoms with E-state index >= 15 is 4.39 Å². The summed E-state index contributed by atoms with van der Waals surface area (Å²) in [6.45, 7) is 11.1. The molecule has 18 heteroatoms. The first kappa shape index (κ1) is 49.7. The Balaban J connectivity index is 0.896. The van der Waals surface area contributed by atoms with Crippen molar-refractivity contribution in [2.24, 2.45) is 16.5 Å². The number of pyridine rings is 1. The van der Waals surface area contributed by atoms with E-state index in [-0.39, 0.29) is 87.8 Å². The average molecular weight is 1010 g/mol. The van der Waals surface area contributed by atoms with Crippen LogP contribution in [0.4, 0.5) is 21.5 Å². The van der Waals surface area contributed by atoms with Crippen LogP contribution < -0.4 is 29.1 Å². The molecule has 10 rings (SSSR count). The molecule has 16 nitrogen and oxygen atoms in total. The van der Waals surface area contributed by atoms with Crippen molar-refractivity contribution >= 4 is 44.0 Å². The molecule has 384 valence electrons. The standard InChI is InChI=1S/C54H66FN7O9S/c1-32(2)38-9-6-7-10-39(38)45-11-8-20-62(45)36-27-54(28-36)18-21-61(22-19-54)35-12-13-40(46(23-35)71-48-26-41-42(55)29-56-50(41)58-52(48)70-30-33(3)68-5)51(63)60-72(66,67)37-24-43(59-65)49-47(25-37)69-31-44(57-49)34-14-16-53(4,64)17-15-34/h6-7,9-10,12-13,23-26,29,32-34,36,44-45,57,64H,8,11,14-22,27-28,30-31H2,1-5H3,(H,56,58)(H,60,63)/t33?,34-,44-,45-,53-/m1/s1. The van der Waals surface area contributed by atoms with Crippen LogP contribution in [-0.4, -0.2) is 98.0 Å². The molecular weight excluding hydrogens is 942 g/mol. The molecule has 5 aromatic rings. The van der Waals surface area contributed by atoms with Crippen molar-refractivity contribution in [2.45, 2.75) is 133 Å². The number of piperidine rings is 1. The largest absolute Gasteiger partial charge is 0.489 e. The molecule has 4 fully saturated rings. The maximum Gasteiger partial charge on any atom is 0.268 e. The molecule has 3 aromatic carbocycles. The zero-order valence-corrected chi connectivity index (χ0v) is 42.5. The molecule has 1 unspecified atom stereocenters. The third-order valence-corrected chi connectivity index (χ3v) is 17.5. The summed E-state index contributed by atoms with van der Waals surface area (Å²) >= 11 is 0. The van der Waals surface area contributed by atoms with Gasteiger partial charge in [0.2, 0.25) is 0 Å². The molecule has 2 saturated heterocycles. The molecule has 72 heavy (non-hydrogen) atoms. The Morgan fingerprint density at radius 3 is 2.51 bits per heavy atom. The molecule has 0 bridgehead atoms. The number of sulfonamides is 1. The van der Waals surface area contributed by atoms with Crippen molar-refractivity contribution in [2.75, 3.05) is 50.2 Å². The SMILES string of the molecule is COC(C)COc1nc2[nH]cc(F)c2cc1Oc1cc(N2CCC3(CC2)CC(N2CCC[C@@H]2c2ccccc2C(C)C)C3)ccc1C(=O)NS(=O)(=O)c1cc(N=O)c2c(c1)OC[C@H]([C@H]1CC[C@](C)(O)CC1)N2. The van der Waals surface area contributed by atoms with E-state index in [0.29, 0.717) is 30.8 Å². The van der Waals surface area contributed by atoms with E-state index in [1.54, 1.807) is 19.2 Å². The van der Waals surface area contributed by atoms with Gasteiger partial charge in [0.05, 0.1) is 33.6 Å². The molecule has 5 aliphatic rings. The van der Waals surface area contributed by atoms with Crippen molar-refractivity contribution in [1.82, 2.24) is 19.6 Å². The Kier molecular flexibility index (Phi) is 13.7. The third kappa shape index (κ3) is 9.98. The van der Waals surface area contributed by atoms with Crippen molar-refractivity contribution in [1.29, 1.82) is 0 Å². The quantitative estimate of drug-likeness (QED) is 0.0724. The maximum atomic E-state index is 15.1. The lowest BCUT2D eigenvalue weighted by Gasteiger charge is -2.56. The highest BCUT2D eigenvalue weighted by Gasteiger charge is 2.50. The first-order chi connectivity index (χ1) is 34.5. The van der Waals surface area contributed by atoms with Gasteiger partial charge in [-0.25, -0.2) is 17.5 Å². The number of carbonyl (C=O) groups is 1. The highest BCUT2D eigenvalue weighted by molar-refractivity contribution is 7.90. The average Bonchev–Trinajstić information content (AvgIpc) is 4.00. The van der Waals surface area contributed by atoms with Gasteiger partial charge in [0.25, 0.3) is 21.8 Å². The minimum atomic E-state index is -4.65. The summed E-state index contributed by atoms with van der Waals surface area (Å²) in [5.41, 5.74) is 3.34. The van der Waals surface area contributed by atoms with Crippen LogP contribution in [-0.2, 0) is 14.8 Å². The van der Waals surface area contributed by atoms with Gasteiger partial charge in [0.15, 0.2) is 5.75 Å². The summed E-state index contributed by atoms with van der Waals surface area (Å²) in [6, 6.07) is 18.5. The molecule has 5 heterocycles. The van der Waals surface area contributed by atoms with E-state index in [1.165, 1.54) is 48.4 Å². The summed E-state index contributed by atoms with van der Waals surface area (Å²) in [6.07, 6.45) is 10.3. The van der Waals surface area contributed by atoms with Crippen LogP contribution in [0.3, 0.4) is 0 Å². The molecule has 2 aromatic heterocycles. The minimum absolute atomic E-state index is 0.000760. The minimum Gasteiger partial charge on any atom is -0.489 e. The second-order valence-electron chi connectivity index (χ2n) is 21.4. The number of aromatic amines is 1. The molecule has 3 aliphatic heterocycles. The van der Waals surface area contributed by atoms with E-state index in [4.69, 9.17) is 18.9 Å². The highest BCUT2D eigenvalue weighted by atomic mass is 32.2. The molecule has 1 amide bonds. The van der Waals surface area contributed by atoms with Gasteiger partial charge in [0.1, 0.15) is 47.6 Å². The second-order valence-corrected chi connectivity index (χ2v) is 23.1. The van der Waals surface area contributed by atoms with E-state index in [0.717, 1.165) is 69.9 Å². The predicted octanol–water partition coefficient (Wildman–Crippen LogP) is 10.2. The third-order valence-electron chi connectivity index (χ3n) is 16.2. The zero-order valence-electron chi connectivity index (χ0n) is 41.7. The monoisotopic (exact) mass is 1010 g/mol. The number of anilines is 2. The van der Waals surface area contributed by atoms with Crippen molar-refractivity contribution < 1.29 is 41.7 Å². The van der Waals surface area contributed by atoms with Gasteiger partial charge in [-0.15, -0.1) is 4.91 Å². The molecule has 2 saturated carbocycles. The van der Waals surface area contributed by atoms with E-state index in [1.807, 2.05) is 13.8 Å². The van der Waals surface area contributed by atoms with Crippen molar-refractivity contribution in [3.8, 4) is 23.1 Å². The smallest absolute Gasteiger partial charge is 0.268 e. The van der Waals surface area contributed by atoms with Crippen LogP contribution in [0.2, 0.25) is 0 Å². The van der Waals surface area contributed by atoms with E-state index in [9.17, 15) is 23.2 Å². The van der Waals surface area contributed by atoms with Gasteiger partial charge in [-0.2, -0.15) is 4.98 Å². The lowest BCUT2D eigenvalue weighted by molar-refractivity contribution is -0.0227. The van der Waals surface area contributed by atoms with Crippen molar-refractivity contribution in [3.63, 3.8) is 0 Å². The number of nitroso groups, excluding NO2 is 1. The number of halogens is 1. The number of hydrogen-bond acceptors (Lipinski definition) is 14. The maximum absolute atomic E-state index is 15.1. The molecule has 3 atom stereocenters. The number of fused-ring (bicyclic) bond motifs is 2. The summed E-state index contributed by atoms with van der Waals surface area (Å²) in [4.78, 5) is 38.5. The topological polar surface area (TPSA) is 197 Å². The van der Waals surface area contributed by atoms with Crippen molar-refractivity contribution in [3.05, 3.63) is 94.3 Å². The molecule has 1 spiro atoms. The van der Waals surface area contributed by atoms with Gasteiger partial charge in [0, 0.05) is 62.4 Å². The summed E-state index contributed by atoms with van der Waals surface area (Å²) in [5.74, 6) is -0.887. The van der Waals surface area contributed by atoms with Gasteiger partial charge in [-0.05, 0) is 136 Å². The van der Waals surface area contributed by atoms with Gasteiger partial charge < -0.3 is 39.3 Å². The van der Waals surface area contributed by atoms with Gasteiger partial charge in [-0.1, -0.05) is 38.1 Å². The first-order valence-corrected chi connectivity index (χ1v) is 27.0. The van der Waals surface area contributed by atoms with E-state index < -0.39 is 32.2 Å². The number of carbonyl (C=O) groups excluding carboxylic acids is 1. The van der Waals surface area contributed by atoms with Crippen LogP contribution in [0.25, 0.3) is 11.0 Å². The summed E-state index contributed by atoms with van der Waals surface area (Å²) < 4.78 is 69.5. The lowest BCUT2D eigenvalue weighted by atomic mass is 9.59. The summed E-state index contributed by atoms with van der Waals surface area (Å²) in [7, 11) is -3.11. The highest BCUT2D eigenvalue weighted by Crippen LogP contribution is 2.54. The van der Waals surface area contributed by atoms with Gasteiger partial charge in [-0.3, -0.25) is 9.69 Å². The lowest BCUT2D eigenvalue weighted by Crippen LogP contribution is -2.54. The zero-order chi connectivity index (χ0) is 50.5. The first-order valence-electron chi connectivity index (χ1n) is 25.5. The Morgan fingerprint density at radius 2 is 1.78 bits per heavy atom. The number of benzene rings is 3. The Bertz CT molecular complexity index is 2940. The number of aliphatic hydroxyl groups is 1. The normalized spacial score (nSPS) is 23.8. The summed E-state index contributed by atoms with van der Waals surface area (Å²) in [5, 5.41) is 17.1. The Labute approximate surface area is 420 Å². The number of hydrogen-bond donors (Lipinski definition) is 4. The number of amides is 1. The second kappa shape index (κ2) is 19.9. The van der Waals surface area contributed by atoms with Crippen LogP contribution in [0, 0.1) is 22.1 Å². The fourth-order valence-electron chi connectivity index (χ4n) is 11.9. The number of H-pyrrole nitrogens is 1. The van der Waals surface area contributed by atoms with Crippen LogP contribution in [0.5, 0.6) is 23.1 Å². The van der Waals surface area contributed by atoms with Crippen LogP contribution >= 0.6 is 0 Å². The van der Waals surface area contributed by atoms with Gasteiger partial charge >= 0.3 is 0 Å². The fraction of sp³-hybridized carbons (Fsp3) is 0.519. The Morgan fingerprint density at radius 1 is 1.01 bits per heavy atom.